The van der Waals surface area contributed by atoms with Crippen LogP contribution in [0.25, 0.3) is 0 Å². The molecule has 18 heavy (non-hydrogen) atoms. The predicted octanol–water partition coefficient (Wildman–Crippen LogP) is 4.60. The molecule has 2 atom stereocenters. The van der Waals surface area contributed by atoms with Gasteiger partial charge in [-0.3, -0.25) is 4.90 Å². The van der Waals surface area contributed by atoms with Crippen LogP contribution in [0, 0.1) is 5.92 Å². The van der Waals surface area contributed by atoms with Crippen LogP contribution >= 0.6 is 15.9 Å². The number of benzene rings is 1. The topological polar surface area (TPSA) is 3.24 Å². The van der Waals surface area contributed by atoms with Gasteiger partial charge in [0.15, 0.2) is 0 Å². The molecule has 1 saturated carbocycles. The van der Waals surface area contributed by atoms with Gasteiger partial charge in [-0.25, -0.2) is 0 Å². The van der Waals surface area contributed by atoms with Crippen LogP contribution in [0.1, 0.15) is 44.1 Å². The zero-order valence-corrected chi connectivity index (χ0v) is 12.5. The molecule has 1 aromatic rings. The van der Waals surface area contributed by atoms with Crippen molar-refractivity contribution in [2.75, 3.05) is 6.54 Å². The minimum absolute atomic E-state index is 0.867. The molecule has 0 aromatic heterocycles. The van der Waals surface area contributed by atoms with Crippen LogP contribution in [0.5, 0.6) is 0 Å². The van der Waals surface area contributed by atoms with Gasteiger partial charge in [-0.1, -0.05) is 40.9 Å². The Hall–Kier alpha value is -0.340. The highest BCUT2D eigenvalue weighted by Crippen LogP contribution is 2.36. The van der Waals surface area contributed by atoms with E-state index in [0.717, 1.165) is 18.5 Å². The minimum atomic E-state index is 0.867. The number of nitrogens with zero attached hydrogens (tertiary/aromatic N) is 1. The van der Waals surface area contributed by atoms with Crippen LogP contribution in [0.15, 0.2) is 28.7 Å². The molecular weight excluding hydrogens is 286 g/mol. The van der Waals surface area contributed by atoms with Crippen LogP contribution in [0.2, 0.25) is 0 Å². The van der Waals surface area contributed by atoms with E-state index in [1.165, 1.54) is 55.1 Å². The molecule has 0 spiro atoms. The summed E-state index contributed by atoms with van der Waals surface area (Å²) in [5.41, 5.74) is 1.45. The van der Waals surface area contributed by atoms with Crippen molar-refractivity contribution in [3.8, 4) is 0 Å². The summed E-state index contributed by atoms with van der Waals surface area (Å²) in [5, 5.41) is 0. The second-order valence-corrected chi connectivity index (χ2v) is 6.77. The van der Waals surface area contributed by atoms with Gasteiger partial charge in [0.1, 0.15) is 0 Å². The molecule has 1 saturated heterocycles. The first-order valence-corrected chi connectivity index (χ1v) is 8.11. The quantitative estimate of drug-likeness (QED) is 0.771. The van der Waals surface area contributed by atoms with Gasteiger partial charge in [-0.15, -0.1) is 0 Å². The lowest BCUT2D eigenvalue weighted by molar-refractivity contribution is 0.0547. The molecule has 1 aromatic carbocycles. The Kier molecular flexibility index (Phi) is 4.05. The predicted molar refractivity (Wildman–Crippen MR) is 79.5 cm³/mol. The van der Waals surface area contributed by atoms with Crippen molar-refractivity contribution in [2.45, 2.75) is 51.1 Å². The highest BCUT2D eigenvalue weighted by atomic mass is 79.9. The Balaban J connectivity index is 1.71. The second kappa shape index (κ2) is 5.75. The molecule has 98 valence electrons. The monoisotopic (exact) mass is 307 g/mol. The molecular formula is C16H22BrN. The lowest BCUT2D eigenvalue weighted by Crippen LogP contribution is -2.46. The number of hydrogen-bond donors (Lipinski definition) is 0. The van der Waals surface area contributed by atoms with Gasteiger partial charge in [-0.2, -0.15) is 0 Å². The van der Waals surface area contributed by atoms with E-state index in [4.69, 9.17) is 0 Å². The number of rotatable bonds is 2. The molecule has 0 radical (unpaired) electrons. The van der Waals surface area contributed by atoms with Crippen molar-refractivity contribution in [2.24, 2.45) is 5.92 Å². The van der Waals surface area contributed by atoms with Crippen molar-refractivity contribution in [3.05, 3.63) is 34.3 Å². The van der Waals surface area contributed by atoms with Crippen LogP contribution in [0.4, 0.5) is 0 Å². The summed E-state index contributed by atoms with van der Waals surface area (Å²) in [4.78, 5) is 2.75. The second-order valence-electron chi connectivity index (χ2n) is 5.85. The summed E-state index contributed by atoms with van der Waals surface area (Å²) >= 11 is 3.58. The summed E-state index contributed by atoms with van der Waals surface area (Å²) in [7, 11) is 0. The van der Waals surface area contributed by atoms with Crippen molar-refractivity contribution in [3.63, 3.8) is 0 Å². The van der Waals surface area contributed by atoms with E-state index in [0.29, 0.717) is 0 Å². The molecule has 0 N–H and O–H groups in total. The molecule has 2 unspecified atom stereocenters. The van der Waals surface area contributed by atoms with Gasteiger partial charge in [0, 0.05) is 17.1 Å². The molecule has 3 rings (SSSR count). The summed E-state index contributed by atoms with van der Waals surface area (Å²) in [5.74, 6) is 0.986. The number of likely N-dealkylation sites (tertiary alicyclic amines) is 1. The number of piperidine rings is 1. The molecule has 0 amide bonds. The third-order valence-electron chi connectivity index (χ3n) is 4.63. The first-order chi connectivity index (χ1) is 8.83. The van der Waals surface area contributed by atoms with E-state index in [1.54, 1.807) is 0 Å². The van der Waals surface area contributed by atoms with Gasteiger partial charge < -0.3 is 0 Å². The molecule has 1 aliphatic carbocycles. The molecule has 2 fully saturated rings. The van der Waals surface area contributed by atoms with E-state index in [9.17, 15) is 0 Å². The largest absolute Gasteiger partial charge is 0.296 e. The first kappa shape index (κ1) is 12.7. The third-order valence-corrected chi connectivity index (χ3v) is 5.13. The van der Waals surface area contributed by atoms with Gasteiger partial charge in [0.2, 0.25) is 0 Å². The van der Waals surface area contributed by atoms with E-state index < -0.39 is 0 Å². The third kappa shape index (κ3) is 2.80. The SMILES string of the molecule is Brc1cccc(CN2CCCC3CCCCC32)c1. The van der Waals surface area contributed by atoms with Gasteiger partial charge in [0.05, 0.1) is 0 Å². The highest BCUT2D eigenvalue weighted by Gasteiger charge is 2.32. The van der Waals surface area contributed by atoms with Crippen LogP contribution < -0.4 is 0 Å². The summed E-state index contributed by atoms with van der Waals surface area (Å²) in [6.07, 6.45) is 8.68. The molecule has 1 heterocycles. The zero-order valence-electron chi connectivity index (χ0n) is 10.9. The Morgan fingerprint density at radius 2 is 1.94 bits per heavy atom. The van der Waals surface area contributed by atoms with Crippen molar-refractivity contribution in [1.29, 1.82) is 0 Å². The maximum atomic E-state index is 3.58. The van der Waals surface area contributed by atoms with E-state index in [2.05, 4.69) is 45.1 Å². The summed E-state index contributed by atoms with van der Waals surface area (Å²) in [6.45, 7) is 2.44. The Labute approximate surface area is 119 Å². The maximum absolute atomic E-state index is 3.58. The maximum Gasteiger partial charge on any atom is 0.0237 e. The van der Waals surface area contributed by atoms with Crippen LogP contribution in [-0.4, -0.2) is 17.5 Å². The Morgan fingerprint density at radius 1 is 1.11 bits per heavy atom. The van der Waals surface area contributed by atoms with Gasteiger partial charge >= 0.3 is 0 Å². The molecule has 1 aliphatic heterocycles. The fourth-order valence-corrected chi connectivity index (χ4v) is 4.24. The van der Waals surface area contributed by atoms with Crippen LogP contribution in [-0.2, 0) is 6.54 Å². The van der Waals surface area contributed by atoms with Crippen molar-refractivity contribution in [1.82, 2.24) is 4.90 Å². The fourth-order valence-electron chi connectivity index (χ4n) is 3.79. The number of halogens is 1. The molecule has 2 heteroatoms. The summed E-state index contributed by atoms with van der Waals surface area (Å²) < 4.78 is 1.21. The van der Waals surface area contributed by atoms with Gasteiger partial charge in [-0.05, 0) is 55.8 Å². The highest BCUT2D eigenvalue weighted by molar-refractivity contribution is 9.10. The molecule has 1 nitrogen and oxygen atoms in total. The van der Waals surface area contributed by atoms with Crippen molar-refractivity contribution < 1.29 is 0 Å². The van der Waals surface area contributed by atoms with E-state index in [-0.39, 0.29) is 0 Å². The summed E-state index contributed by atoms with van der Waals surface area (Å²) in [6, 6.07) is 9.67. The average molecular weight is 308 g/mol. The molecule has 0 bridgehead atoms. The number of fused-ring (bicyclic) bond motifs is 1. The molecule has 2 aliphatic rings. The standard InChI is InChI=1S/C16H22BrN/c17-15-8-3-5-13(11-15)12-18-10-4-7-14-6-1-2-9-16(14)18/h3,5,8,11,14,16H,1-2,4,6-7,9-10,12H2. The van der Waals surface area contributed by atoms with E-state index >= 15 is 0 Å². The van der Waals surface area contributed by atoms with Crippen LogP contribution in [0.3, 0.4) is 0 Å². The first-order valence-electron chi connectivity index (χ1n) is 7.31. The smallest absolute Gasteiger partial charge is 0.0237 e. The lowest BCUT2D eigenvalue weighted by Gasteiger charge is -2.44. The minimum Gasteiger partial charge on any atom is -0.296 e. The average Bonchev–Trinajstić information content (AvgIpc) is 2.39. The lowest BCUT2D eigenvalue weighted by atomic mass is 9.78. The van der Waals surface area contributed by atoms with Gasteiger partial charge in [0.25, 0.3) is 0 Å². The fraction of sp³-hybridized carbons (Fsp3) is 0.625. The number of hydrogen-bond acceptors (Lipinski definition) is 1. The van der Waals surface area contributed by atoms with E-state index in [1.807, 2.05) is 0 Å². The zero-order chi connectivity index (χ0) is 12.4. The Morgan fingerprint density at radius 3 is 2.83 bits per heavy atom. The van der Waals surface area contributed by atoms with Crippen molar-refractivity contribution >= 4 is 15.9 Å². The normalized spacial score (nSPS) is 28.9. The Bertz CT molecular complexity index is 402.